The molecule has 1 atom stereocenters. The van der Waals surface area contributed by atoms with E-state index in [1.165, 1.54) is 14.0 Å². The first kappa shape index (κ1) is 13.5. The second kappa shape index (κ2) is 5.19. The summed E-state index contributed by atoms with van der Waals surface area (Å²) in [5, 5.41) is 9.20. The zero-order valence-electron chi connectivity index (χ0n) is 10.6. The van der Waals surface area contributed by atoms with Crippen molar-refractivity contribution in [3.05, 3.63) is 29.3 Å². The Morgan fingerprint density at radius 3 is 2.29 bits per heavy atom. The van der Waals surface area contributed by atoms with Gasteiger partial charge in [0.25, 0.3) is 0 Å². The maximum Gasteiger partial charge on any atom is 0.350 e. The van der Waals surface area contributed by atoms with Crippen molar-refractivity contribution in [1.29, 1.82) is 0 Å². The number of rotatable bonds is 5. The fourth-order valence-electron chi connectivity index (χ4n) is 1.60. The summed E-state index contributed by atoms with van der Waals surface area (Å²) in [5.41, 5.74) is 0.452. The van der Waals surface area contributed by atoms with Crippen molar-refractivity contribution in [2.75, 3.05) is 13.7 Å². The van der Waals surface area contributed by atoms with E-state index < -0.39 is 11.6 Å². The number of ether oxygens (including phenoxy) is 2. The predicted octanol–water partition coefficient (Wildman–Crippen LogP) is 2.17. The fraction of sp³-hybridized carbons (Fsp3) is 0.462. The van der Waals surface area contributed by atoms with Crippen LogP contribution in [0.3, 0.4) is 0 Å². The summed E-state index contributed by atoms with van der Waals surface area (Å²) in [7, 11) is 1.45. The molecule has 0 radical (unpaired) electrons. The first-order chi connectivity index (χ1) is 7.90. The highest BCUT2D eigenvalue weighted by atomic mass is 16.6. The van der Waals surface area contributed by atoms with E-state index in [-0.39, 0.29) is 6.61 Å². The topological polar surface area (TPSA) is 55.8 Å². The molecule has 0 fully saturated rings. The van der Waals surface area contributed by atoms with Gasteiger partial charge in [-0.1, -0.05) is 18.2 Å². The number of carbonyl (C=O) groups is 1. The van der Waals surface area contributed by atoms with Gasteiger partial charge in [-0.15, -0.1) is 0 Å². The lowest BCUT2D eigenvalue weighted by Crippen LogP contribution is -2.46. The molecule has 0 spiro atoms. The Labute approximate surface area is 101 Å². The van der Waals surface area contributed by atoms with Gasteiger partial charge in [0.1, 0.15) is 5.75 Å². The zero-order valence-corrected chi connectivity index (χ0v) is 10.6. The average molecular weight is 238 g/mol. The molecule has 0 bridgehead atoms. The van der Waals surface area contributed by atoms with Gasteiger partial charge < -0.3 is 14.6 Å². The van der Waals surface area contributed by atoms with Gasteiger partial charge in [-0.25, -0.2) is 4.79 Å². The Balaban J connectivity index is 3.06. The molecule has 1 aromatic carbocycles. The maximum atomic E-state index is 11.2. The SMILES string of the molecule is COCC(C)(Oc1c(C)cccc1C)C(=O)O. The lowest BCUT2D eigenvalue weighted by molar-refractivity contribution is -0.158. The highest BCUT2D eigenvalue weighted by Gasteiger charge is 2.36. The third kappa shape index (κ3) is 2.97. The molecule has 1 aromatic rings. The number of hydrogen-bond acceptors (Lipinski definition) is 3. The number of aliphatic carboxylic acids is 1. The summed E-state index contributed by atoms with van der Waals surface area (Å²) in [6.07, 6.45) is 0. The van der Waals surface area contributed by atoms with Crippen LogP contribution in [0.4, 0.5) is 0 Å². The molecule has 0 heterocycles. The summed E-state index contributed by atoms with van der Waals surface area (Å²) in [5.74, 6) is -0.434. The molecule has 4 heteroatoms. The molecule has 17 heavy (non-hydrogen) atoms. The molecular formula is C13H18O4. The molecule has 0 aromatic heterocycles. The van der Waals surface area contributed by atoms with Crippen molar-refractivity contribution >= 4 is 5.97 Å². The molecule has 1 N–H and O–H groups in total. The second-order valence-electron chi connectivity index (χ2n) is 4.29. The normalized spacial score (nSPS) is 14.1. The number of para-hydroxylation sites is 1. The zero-order chi connectivity index (χ0) is 13.1. The van der Waals surface area contributed by atoms with Gasteiger partial charge in [0.2, 0.25) is 5.60 Å². The second-order valence-corrected chi connectivity index (χ2v) is 4.29. The van der Waals surface area contributed by atoms with Crippen LogP contribution in [-0.4, -0.2) is 30.4 Å². The molecule has 0 aliphatic heterocycles. The number of methoxy groups -OCH3 is 1. The Bertz CT molecular complexity index is 394. The van der Waals surface area contributed by atoms with Crippen LogP contribution < -0.4 is 4.74 Å². The van der Waals surface area contributed by atoms with Crippen LogP contribution in [0.15, 0.2) is 18.2 Å². The molecule has 0 amide bonds. The van der Waals surface area contributed by atoms with Crippen molar-refractivity contribution in [2.45, 2.75) is 26.4 Å². The minimum Gasteiger partial charge on any atom is -0.478 e. The Kier molecular flexibility index (Phi) is 4.12. The first-order valence-corrected chi connectivity index (χ1v) is 5.38. The van der Waals surface area contributed by atoms with Gasteiger partial charge in [0.05, 0.1) is 6.61 Å². The van der Waals surface area contributed by atoms with Gasteiger partial charge in [-0.05, 0) is 31.9 Å². The van der Waals surface area contributed by atoms with Crippen molar-refractivity contribution in [3.8, 4) is 5.75 Å². The molecule has 0 aliphatic rings. The Hall–Kier alpha value is -1.55. The molecule has 94 valence electrons. The Morgan fingerprint density at radius 2 is 1.88 bits per heavy atom. The summed E-state index contributed by atoms with van der Waals surface area (Å²) >= 11 is 0. The lowest BCUT2D eigenvalue weighted by Gasteiger charge is -2.27. The van der Waals surface area contributed by atoms with E-state index in [1.807, 2.05) is 32.0 Å². The summed E-state index contributed by atoms with van der Waals surface area (Å²) < 4.78 is 10.6. The van der Waals surface area contributed by atoms with E-state index in [2.05, 4.69) is 0 Å². The van der Waals surface area contributed by atoms with Crippen LogP contribution in [0.5, 0.6) is 5.75 Å². The largest absolute Gasteiger partial charge is 0.478 e. The van der Waals surface area contributed by atoms with Crippen molar-refractivity contribution in [3.63, 3.8) is 0 Å². The van der Waals surface area contributed by atoms with Crippen molar-refractivity contribution in [2.24, 2.45) is 0 Å². The van der Waals surface area contributed by atoms with Gasteiger partial charge in [-0.2, -0.15) is 0 Å². The van der Waals surface area contributed by atoms with E-state index in [4.69, 9.17) is 9.47 Å². The number of hydrogen-bond donors (Lipinski definition) is 1. The molecule has 0 saturated carbocycles. The molecule has 0 saturated heterocycles. The first-order valence-electron chi connectivity index (χ1n) is 5.38. The quantitative estimate of drug-likeness (QED) is 0.854. The number of carboxylic acid groups (broad SMARTS) is 1. The van der Waals surface area contributed by atoms with Crippen LogP contribution in [0.2, 0.25) is 0 Å². The highest BCUT2D eigenvalue weighted by Crippen LogP contribution is 2.27. The molecule has 1 unspecified atom stereocenters. The predicted molar refractivity (Wildman–Crippen MR) is 64.5 cm³/mol. The smallest absolute Gasteiger partial charge is 0.350 e. The summed E-state index contributed by atoms with van der Waals surface area (Å²) in [6.45, 7) is 5.27. The van der Waals surface area contributed by atoms with Gasteiger partial charge in [0.15, 0.2) is 0 Å². The minimum absolute atomic E-state index is 0.00386. The van der Waals surface area contributed by atoms with E-state index >= 15 is 0 Å². The summed E-state index contributed by atoms with van der Waals surface area (Å²) in [6, 6.07) is 5.68. The van der Waals surface area contributed by atoms with Gasteiger partial charge >= 0.3 is 5.97 Å². The van der Waals surface area contributed by atoms with E-state index in [0.717, 1.165) is 11.1 Å². The minimum atomic E-state index is -1.37. The van der Waals surface area contributed by atoms with Crippen molar-refractivity contribution in [1.82, 2.24) is 0 Å². The summed E-state index contributed by atoms with van der Waals surface area (Å²) in [4.78, 5) is 11.2. The van der Waals surface area contributed by atoms with E-state index in [9.17, 15) is 9.90 Å². The van der Waals surface area contributed by atoms with Crippen LogP contribution >= 0.6 is 0 Å². The molecular weight excluding hydrogens is 220 g/mol. The van der Waals surface area contributed by atoms with Gasteiger partial charge in [-0.3, -0.25) is 0 Å². The van der Waals surface area contributed by atoms with E-state index in [1.54, 1.807) is 0 Å². The Morgan fingerprint density at radius 1 is 1.35 bits per heavy atom. The third-order valence-electron chi connectivity index (χ3n) is 2.61. The monoisotopic (exact) mass is 238 g/mol. The lowest BCUT2D eigenvalue weighted by atomic mass is 10.1. The number of aryl methyl sites for hydroxylation is 2. The van der Waals surface area contributed by atoms with Gasteiger partial charge in [0, 0.05) is 7.11 Å². The van der Waals surface area contributed by atoms with Crippen LogP contribution in [0, 0.1) is 13.8 Å². The van der Waals surface area contributed by atoms with Crippen molar-refractivity contribution < 1.29 is 19.4 Å². The molecule has 1 rings (SSSR count). The standard InChI is InChI=1S/C13H18O4/c1-9-6-5-7-10(2)11(9)17-13(3,8-16-4)12(14)15/h5-7H,8H2,1-4H3,(H,14,15). The average Bonchev–Trinajstić information content (AvgIpc) is 2.24. The number of carboxylic acids is 1. The van der Waals surface area contributed by atoms with Crippen LogP contribution in [-0.2, 0) is 9.53 Å². The van der Waals surface area contributed by atoms with Crippen LogP contribution in [0.1, 0.15) is 18.1 Å². The third-order valence-corrected chi connectivity index (χ3v) is 2.61. The molecule has 0 aliphatic carbocycles. The highest BCUT2D eigenvalue weighted by molar-refractivity contribution is 5.77. The molecule has 4 nitrogen and oxygen atoms in total. The maximum absolute atomic E-state index is 11.2. The van der Waals surface area contributed by atoms with E-state index in [0.29, 0.717) is 5.75 Å². The van der Waals surface area contributed by atoms with Crippen LogP contribution in [0.25, 0.3) is 0 Å². The fourth-order valence-corrected chi connectivity index (χ4v) is 1.60. The number of benzene rings is 1.